The van der Waals surface area contributed by atoms with Gasteiger partial charge >= 0.3 is 0 Å². The minimum atomic E-state index is 0.372. The van der Waals surface area contributed by atoms with Gasteiger partial charge in [-0.05, 0) is 49.6 Å². The Bertz CT molecular complexity index is 1210. The summed E-state index contributed by atoms with van der Waals surface area (Å²) < 4.78 is 0. The molecule has 0 saturated carbocycles. The van der Waals surface area contributed by atoms with Crippen molar-refractivity contribution in [3.05, 3.63) is 60.8 Å². The molecular formula is C23H24N8. The number of anilines is 2. The number of rotatable bonds is 5. The smallest absolute Gasteiger partial charge is 0.173 e. The Labute approximate surface area is 180 Å². The number of pyridine rings is 2. The fourth-order valence-corrected chi connectivity index (χ4v) is 3.94. The van der Waals surface area contributed by atoms with Crippen LogP contribution in [0.2, 0.25) is 0 Å². The Kier molecular flexibility index (Phi) is 5.26. The highest BCUT2D eigenvalue weighted by Crippen LogP contribution is 2.28. The van der Waals surface area contributed by atoms with Gasteiger partial charge in [0.25, 0.3) is 0 Å². The quantitative estimate of drug-likeness (QED) is 0.454. The van der Waals surface area contributed by atoms with Crippen molar-refractivity contribution in [2.24, 2.45) is 10.2 Å². The average molecular weight is 413 g/mol. The number of hydrogen-bond acceptors (Lipinski definition) is 7. The van der Waals surface area contributed by atoms with Gasteiger partial charge in [-0.1, -0.05) is 6.07 Å². The number of nitrogen functional groups attached to an aromatic ring is 1. The van der Waals surface area contributed by atoms with Crippen LogP contribution in [0.15, 0.2) is 65.2 Å². The number of fused-ring (bicyclic) bond motifs is 1. The van der Waals surface area contributed by atoms with Crippen molar-refractivity contribution < 1.29 is 0 Å². The van der Waals surface area contributed by atoms with E-state index in [1.807, 2.05) is 18.2 Å². The number of piperidine rings is 1. The standard InChI is InChI=1S/C23H24N8/c24-18-11-17(12-25-14-18)16-7-8-21(26-13-16)30-27-15-22-28-19-5-4-6-20(23(19)29-22)31-9-2-1-3-10-31/h4-8,11-14H,1-3,9-10,15,24H2,(H,28,29). The van der Waals surface area contributed by atoms with Gasteiger partial charge in [0.05, 0.1) is 16.9 Å². The summed E-state index contributed by atoms with van der Waals surface area (Å²) in [6.07, 6.45) is 8.91. The molecule has 4 aromatic rings. The maximum atomic E-state index is 5.80. The Morgan fingerprint density at radius 2 is 1.90 bits per heavy atom. The lowest BCUT2D eigenvalue weighted by molar-refractivity contribution is 0.579. The van der Waals surface area contributed by atoms with E-state index >= 15 is 0 Å². The molecule has 0 spiro atoms. The molecule has 3 aromatic heterocycles. The maximum Gasteiger partial charge on any atom is 0.173 e. The van der Waals surface area contributed by atoms with E-state index in [2.05, 4.69) is 48.3 Å². The van der Waals surface area contributed by atoms with Crippen LogP contribution in [0.3, 0.4) is 0 Å². The van der Waals surface area contributed by atoms with Crippen molar-refractivity contribution in [1.29, 1.82) is 0 Å². The molecule has 5 rings (SSSR count). The highest BCUT2D eigenvalue weighted by atomic mass is 15.2. The van der Waals surface area contributed by atoms with Gasteiger partial charge in [0.1, 0.15) is 17.9 Å². The molecule has 0 aliphatic carbocycles. The third-order valence-corrected chi connectivity index (χ3v) is 5.47. The molecule has 1 aromatic carbocycles. The lowest BCUT2D eigenvalue weighted by Gasteiger charge is -2.28. The lowest BCUT2D eigenvalue weighted by atomic mass is 10.1. The normalized spacial score (nSPS) is 14.5. The third kappa shape index (κ3) is 4.23. The molecule has 0 radical (unpaired) electrons. The molecule has 4 heterocycles. The first-order valence-corrected chi connectivity index (χ1v) is 10.5. The van der Waals surface area contributed by atoms with E-state index in [0.29, 0.717) is 18.1 Å². The van der Waals surface area contributed by atoms with Gasteiger partial charge in [-0.3, -0.25) is 4.98 Å². The summed E-state index contributed by atoms with van der Waals surface area (Å²) in [5.74, 6) is 1.34. The molecular weight excluding hydrogens is 388 g/mol. The Morgan fingerprint density at radius 1 is 1.00 bits per heavy atom. The summed E-state index contributed by atoms with van der Waals surface area (Å²) in [5.41, 5.74) is 11.5. The van der Waals surface area contributed by atoms with Crippen molar-refractivity contribution in [3.8, 4) is 11.1 Å². The minimum Gasteiger partial charge on any atom is -0.397 e. The number of nitrogens with two attached hydrogens (primary N) is 1. The Hall–Kier alpha value is -3.81. The molecule has 8 nitrogen and oxygen atoms in total. The van der Waals surface area contributed by atoms with Crippen molar-refractivity contribution in [1.82, 2.24) is 19.9 Å². The van der Waals surface area contributed by atoms with Crippen molar-refractivity contribution in [2.45, 2.75) is 25.8 Å². The number of imidazole rings is 1. The van der Waals surface area contributed by atoms with E-state index in [9.17, 15) is 0 Å². The van der Waals surface area contributed by atoms with Gasteiger partial charge < -0.3 is 15.6 Å². The van der Waals surface area contributed by atoms with Gasteiger partial charge in [0.15, 0.2) is 5.82 Å². The van der Waals surface area contributed by atoms with Crippen LogP contribution >= 0.6 is 0 Å². The highest BCUT2D eigenvalue weighted by Gasteiger charge is 2.15. The van der Waals surface area contributed by atoms with Crippen molar-refractivity contribution >= 4 is 28.2 Å². The van der Waals surface area contributed by atoms with E-state index in [1.54, 1.807) is 18.6 Å². The predicted octanol–water partition coefficient (Wildman–Crippen LogP) is 4.88. The van der Waals surface area contributed by atoms with Crippen LogP contribution < -0.4 is 10.6 Å². The Balaban J connectivity index is 1.29. The molecule has 0 unspecified atom stereocenters. The lowest BCUT2D eigenvalue weighted by Crippen LogP contribution is -2.29. The molecule has 1 saturated heterocycles. The van der Waals surface area contributed by atoms with Crippen LogP contribution in [0.5, 0.6) is 0 Å². The SMILES string of the molecule is Nc1cncc(-c2ccc(N=NCc3nc4c(N5CCCCC5)cccc4[nH]3)nc2)c1. The average Bonchev–Trinajstić information content (AvgIpc) is 3.23. The molecule has 0 amide bonds. The van der Waals surface area contributed by atoms with Crippen molar-refractivity contribution in [3.63, 3.8) is 0 Å². The van der Waals surface area contributed by atoms with E-state index in [-0.39, 0.29) is 0 Å². The van der Waals surface area contributed by atoms with Gasteiger partial charge in [-0.2, -0.15) is 5.11 Å². The molecule has 0 bridgehead atoms. The number of para-hydroxylation sites is 1. The zero-order chi connectivity index (χ0) is 21.0. The number of H-pyrrole nitrogens is 1. The van der Waals surface area contributed by atoms with Crippen LogP contribution in [0.1, 0.15) is 25.1 Å². The summed E-state index contributed by atoms with van der Waals surface area (Å²) in [5, 5.41) is 8.53. The number of aromatic amines is 1. The zero-order valence-corrected chi connectivity index (χ0v) is 17.2. The van der Waals surface area contributed by atoms with E-state index in [0.717, 1.165) is 41.1 Å². The van der Waals surface area contributed by atoms with Crippen LogP contribution in [0, 0.1) is 0 Å². The predicted molar refractivity (Wildman–Crippen MR) is 122 cm³/mol. The molecule has 8 heteroatoms. The second kappa shape index (κ2) is 8.51. The number of benzene rings is 1. The maximum absolute atomic E-state index is 5.80. The molecule has 156 valence electrons. The molecule has 3 N–H and O–H groups in total. The number of aromatic nitrogens is 4. The summed E-state index contributed by atoms with van der Waals surface area (Å²) >= 11 is 0. The van der Waals surface area contributed by atoms with Gasteiger partial charge in [-0.25, -0.2) is 9.97 Å². The zero-order valence-electron chi connectivity index (χ0n) is 17.2. The summed E-state index contributed by atoms with van der Waals surface area (Å²) in [4.78, 5) is 19.1. The van der Waals surface area contributed by atoms with Gasteiger partial charge in [0.2, 0.25) is 0 Å². The van der Waals surface area contributed by atoms with Crippen LogP contribution in [0.4, 0.5) is 17.2 Å². The van der Waals surface area contributed by atoms with Crippen molar-refractivity contribution in [2.75, 3.05) is 23.7 Å². The number of hydrogen-bond donors (Lipinski definition) is 2. The number of azo groups is 1. The monoisotopic (exact) mass is 412 g/mol. The topological polar surface area (TPSA) is 108 Å². The number of nitrogens with one attached hydrogen (secondary N) is 1. The highest BCUT2D eigenvalue weighted by molar-refractivity contribution is 5.89. The summed E-state index contributed by atoms with van der Waals surface area (Å²) in [6.45, 7) is 2.55. The van der Waals surface area contributed by atoms with E-state index < -0.39 is 0 Å². The largest absolute Gasteiger partial charge is 0.397 e. The van der Waals surface area contributed by atoms with Crippen LogP contribution in [-0.2, 0) is 6.54 Å². The van der Waals surface area contributed by atoms with E-state index in [4.69, 9.17) is 10.7 Å². The molecule has 0 atom stereocenters. The van der Waals surface area contributed by atoms with Gasteiger partial charge in [-0.15, -0.1) is 5.11 Å². The fraction of sp³-hybridized carbons (Fsp3) is 0.261. The first-order valence-electron chi connectivity index (χ1n) is 10.5. The fourth-order valence-electron chi connectivity index (χ4n) is 3.94. The molecule has 1 fully saturated rings. The third-order valence-electron chi connectivity index (χ3n) is 5.47. The first-order chi connectivity index (χ1) is 15.3. The summed E-state index contributed by atoms with van der Waals surface area (Å²) in [7, 11) is 0. The van der Waals surface area contributed by atoms with Gasteiger partial charge in [0, 0.05) is 42.8 Å². The van der Waals surface area contributed by atoms with Crippen LogP contribution in [-0.4, -0.2) is 33.0 Å². The second-order valence-electron chi connectivity index (χ2n) is 7.72. The molecule has 31 heavy (non-hydrogen) atoms. The van der Waals surface area contributed by atoms with Crippen LogP contribution in [0.25, 0.3) is 22.2 Å². The Morgan fingerprint density at radius 3 is 2.71 bits per heavy atom. The second-order valence-corrected chi connectivity index (χ2v) is 7.72. The minimum absolute atomic E-state index is 0.372. The molecule has 1 aliphatic heterocycles. The number of nitrogens with zero attached hydrogens (tertiary/aromatic N) is 6. The van der Waals surface area contributed by atoms with E-state index in [1.165, 1.54) is 24.9 Å². The molecule has 1 aliphatic rings. The summed E-state index contributed by atoms with van der Waals surface area (Å²) in [6, 6.07) is 11.9. The first kappa shape index (κ1) is 19.2.